The normalized spacial score (nSPS) is 16.0. The van der Waals surface area contributed by atoms with E-state index in [1.165, 1.54) is 0 Å². The number of aromatic nitrogens is 4. The van der Waals surface area contributed by atoms with Gasteiger partial charge in [0.25, 0.3) is 0 Å². The van der Waals surface area contributed by atoms with Crippen LogP contribution in [0.25, 0.3) is 0 Å². The second-order valence-electron chi connectivity index (χ2n) is 5.01. The van der Waals surface area contributed by atoms with Crippen LogP contribution >= 0.6 is 0 Å². The minimum Gasteiger partial charge on any atom is -0.460 e. The van der Waals surface area contributed by atoms with E-state index in [-0.39, 0.29) is 12.1 Å². The minimum absolute atomic E-state index is 0.0506. The van der Waals surface area contributed by atoms with Crippen LogP contribution in [0.3, 0.4) is 0 Å². The topological polar surface area (TPSA) is 64.0 Å². The van der Waals surface area contributed by atoms with Gasteiger partial charge in [-0.2, -0.15) is 0 Å². The van der Waals surface area contributed by atoms with Crippen molar-refractivity contribution in [2.45, 2.75) is 25.9 Å². The average molecular weight is 289 g/mol. The van der Waals surface area contributed by atoms with E-state index in [2.05, 4.69) is 24.8 Å². The van der Waals surface area contributed by atoms with Crippen LogP contribution in [0, 0.1) is 12.7 Å². The largest absolute Gasteiger partial charge is 0.460 e. The lowest BCUT2D eigenvalue weighted by Crippen LogP contribution is -2.39. The van der Waals surface area contributed by atoms with E-state index in [0.29, 0.717) is 0 Å². The number of hydrogen-bond donors (Lipinski definition) is 0. The maximum absolute atomic E-state index is 12.7. The summed E-state index contributed by atoms with van der Waals surface area (Å²) in [4.78, 5) is 18.2. The molecule has 0 aromatic carbocycles. The first-order valence-electron chi connectivity index (χ1n) is 6.88. The average Bonchev–Trinajstić information content (AvgIpc) is 2.50. The van der Waals surface area contributed by atoms with Crippen molar-refractivity contribution in [1.29, 1.82) is 0 Å². The molecule has 0 saturated carbocycles. The molecule has 1 saturated heterocycles. The molecule has 2 aromatic heterocycles. The molecule has 1 fully saturated rings. The van der Waals surface area contributed by atoms with Gasteiger partial charge in [0.15, 0.2) is 5.82 Å². The Bertz CT molecular complexity index is 599. The van der Waals surface area contributed by atoms with Gasteiger partial charge in [-0.15, -0.1) is 0 Å². The first kappa shape index (κ1) is 13.7. The molecule has 0 spiro atoms. The summed E-state index contributed by atoms with van der Waals surface area (Å²) in [5.41, 5.74) is 0.957. The van der Waals surface area contributed by atoms with Gasteiger partial charge in [-0.05, 0) is 6.92 Å². The summed E-state index contributed by atoms with van der Waals surface area (Å²) in [5.74, 6) is 0.482. The van der Waals surface area contributed by atoms with Gasteiger partial charge in [-0.1, -0.05) is 0 Å². The molecular formula is C14H16FN5O. The zero-order chi connectivity index (χ0) is 14.7. The fourth-order valence-corrected chi connectivity index (χ4v) is 2.33. The fourth-order valence-electron chi connectivity index (χ4n) is 2.33. The summed E-state index contributed by atoms with van der Waals surface area (Å²) < 4.78 is 18.4. The standard InChI is InChI=1S/C14H16FN5O/c1-10-6-13(19-9-18-10)20-4-2-12(3-5-20)21-14-16-7-11(15)8-17-14/h6-9,12H,2-5H2,1H3. The van der Waals surface area contributed by atoms with E-state index in [1.54, 1.807) is 6.33 Å². The van der Waals surface area contributed by atoms with Crippen LogP contribution in [0.2, 0.25) is 0 Å². The number of piperidine rings is 1. The zero-order valence-electron chi connectivity index (χ0n) is 11.7. The van der Waals surface area contributed by atoms with Crippen molar-refractivity contribution in [3.63, 3.8) is 0 Å². The van der Waals surface area contributed by atoms with E-state index in [1.807, 2.05) is 13.0 Å². The smallest absolute Gasteiger partial charge is 0.316 e. The Hall–Kier alpha value is -2.31. The Morgan fingerprint density at radius 2 is 1.86 bits per heavy atom. The molecule has 3 rings (SSSR count). The molecule has 0 N–H and O–H groups in total. The monoisotopic (exact) mass is 289 g/mol. The molecule has 110 valence electrons. The highest BCUT2D eigenvalue weighted by Gasteiger charge is 2.22. The van der Waals surface area contributed by atoms with E-state index in [0.717, 1.165) is 49.8 Å². The molecule has 0 amide bonds. The van der Waals surface area contributed by atoms with Gasteiger partial charge in [0.2, 0.25) is 0 Å². The lowest BCUT2D eigenvalue weighted by molar-refractivity contribution is 0.155. The van der Waals surface area contributed by atoms with Crippen LogP contribution in [0.4, 0.5) is 10.2 Å². The van der Waals surface area contributed by atoms with Gasteiger partial charge in [0, 0.05) is 37.7 Å². The van der Waals surface area contributed by atoms with Crippen LogP contribution in [-0.4, -0.2) is 39.1 Å². The van der Waals surface area contributed by atoms with Crippen molar-refractivity contribution in [3.8, 4) is 6.01 Å². The molecule has 3 heterocycles. The second-order valence-corrected chi connectivity index (χ2v) is 5.01. The highest BCUT2D eigenvalue weighted by molar-refractivity contribution is 5.39. The zero-order valence-corrected chi connectivity index (χ0v) is 11.7. The van der Waals surface area contributed by atoms with Crippen molar-refractivity contribution < 1.29 is 9.13 Å². The molecule has 7 heteroatoms. The van der Waals surface area contributed by atoms with E-state index >= 15 is 0 Å². The SMILES string of the molecule is Cc1cc(N2CCC(Oc3ncc(F)cn3)CC2)ncn1. The first-order valence-corrected chi connectivity index (χ1v) is 6.88. The molecule has 0 bridgehead atoms. The lowest BCUT2D eigenvalue weighted by atomic mass is 10.1. The highest BCUT2D eigenvalue weighted by atomic mass is 19.1. The van der Waals surface area contributed by atoms with Gasteiger partial charge < -0.3 is 9.64 Å². The van der Waals surface area contributed by atoms with Crippen LogP contribution in [-0.2, 0) is 0 Å². The van der Waals surface area contributed by atoms with Crippen molar-refractivity contribution in [2.24, 2.45) is 0 Å². The van der Waals surface area contributed by atoms with Crippen LogP contribution < -0.4 is 9.64 Å². The van der Waals surface area contributed by atoms with Crippen LogP contribution in [0.5, 0.6) is 6.01 Å². The number of rotatable bonds is 3. The number of halogens is 1. The summed E-state index contributed by atoms with van der Waals surface area (Å²) in [6.07, 6.45) is 5.56. The van der Waals surface area contributed by atoms with E-state index < -0.39 is 5.82 Å². The fraction of sp³-hybridized carbons (Fsp3) is 0.429. The maximum atomic E-state index is 12.7. The Kier molecular flexibility index (Phi) is 3.89. The van der Waals surface area contributed by atoms with Gasteiger partial charge in [-0.3, -0.25) is 0 Å². The number of hydrogen-bond acceptors (Lipinski definition) is 6. The Morgan fingerprint density at radius 3 is 2.52 bits per heavy atom. The van der Waals surface area contributed by atoms with Crippen molar-refractivity contribution in [1.82, 2.24) is 19.9 Å². The molecule has 1 aliphatic heterocycles. The number of ether oxygens (including phenoxy) is 1. The summed E-state index contributed by atoms with van der Waals surface area (Å²) >= 11 is 0. The lowest BCUT2D eigenvalue weighted by Gasteiger charge is -2.32. The molecular weight excluding hydrogens is 273 g/mol. The summed E-state index contributed by atoms with van der Waals surface area (Å²) in [6.45, 7) is 3.65. The summed E-state index contributed by atoms with van der Waals surface area (Å²) in [7, 11) is 0. The number of anilines is 1. The number of nitrogens with zero attached hydrogens (tertiary/aromatic N) is 5. The molecule has 0 atom stereocenters. The molecule has 1 aliphatic rings. The van der Waals surface area contributed by atoms with Crippen molar-refractivity contribution in [2.75, 3.05) is 18.0 Å². The molecule has 0 aliphatic carbocycles. The van der Waals surface area contributed by atoms with Gasteiger partial charge >= 0.3 is 6.01 Å². The third kappa shape index (κ3) is 3.42. The molecule has 21 heavy (non-hydrogen) atoms. The molecule has 2 aromatic rings. The van der Waals surface area contributed by atoms with Crippen molar-refractivity contribution >= 4 is 5.82 Å². The highest BCUT2D eigenvalue weighted by Crippen LogP contribution is 2.20. The van der Waals surface area contributed by atoms with Gasteiger partial charge in [0.05, 0.1) is 12.4 Å². The Labute approximate surface area is 122 Å². The molecule has 0 unspecified atom stereocenters. The summed E-state index contributed by atoms with van der Waals surface area (Å²) in [5, 5.41) is 0. The molecule has 6 nitrogen and oxygen atoms in total. The second kappa shape index (κ2) is 5.99. The maximum Gasteiger partial charge on any atom is 0.316 e. The quantitative estimate of drug-likeness (QED) is 0.858. The summed E-state index contributed by atoms with van der Waals surface area (Å²) in [6, 6.07) is 2.21. The Balaban J connectivity index is 1.56. The van der Waals surface area contributed by atoms with Crippen LogP contribution in [0.15, 0.2) is 24.8 Å². The minimum atomic E-state index is -0.462. The van der Waals surface area contributed by atoms with E-state index in [4.69, 9.17) is 4.74 Å². The van der Waals surface area contributed by atoms with Gasteiger partial charge in [-0.25, -0.2) is 24.3 Å². The number of aryl methyl sites for hydroxylation is 1. The van der Waals surface area contributed by atoms with E-state index in [9.17, 15) is 4.39 Å². The van der Waals surface area contributed by atoms with Gasteiger partial charge in [0.1, 0.15) is 18.2 Å². The first-order chi connectivity index (χ1) is 10.2. The van der Waals surface area contributed by atoms with Crippen LogP contribution in [0.1, 0.15) is 18.5 Å². The predicted molar refractivity (Wildman–Crippen MR) is 74.6 cm³/mol. The molecule has 0 radical (unpaired) electrons. The third-order valence-electron chi connectivity index (χ3n) is 3.42. The predicted octanol–water partition coefficient (Wildman–Crippen LogP) is 1.76. The Morgan fingerprint density at radius 1 is 1.14 bits per heavy atom. The van der Waals surface area contributed by atoms with Crippen molar-refractivity contribution in [3.05, 3.63) is 36.3 Å². The third-order valence-corrected chi connectivity index (χ3v) is 3.42.